The number of ether oxygens (including phenoxy) is 3. The molecule has 0 bridgehead atoms. The highest BCUT2D eigenvalue weighted by Crippen LogP contribution is 2.19. The first-order chi connectivity index (χ1) is 8.61. The molecule has 0 aromatic carbocycles. The van der Waals surface area contributed by atoms with Crippen LogP contribution in [-0.4, -0.2) is 36.5 Å². The average molecular weight is 248 g/mol. The van der Waals surface area contributed by atoms with Gasteiger partial charge in [-0.25, -0.2) is 0 Å². The minimum Gasteiger partial charge on any atom is -0.488 e. The third-order valence-corrected chi connectivity index (χ3v) is 2.66. The van der Waals surface area contributed by atoms with Gasteiger partial charge in [-0.05, 0) is 19.9 Å². The van der Waals surface area contributed by atoms with E-state index in [-0.39, 0.29) is 11.7 Å². The summed E-state index contributed by atoms with van der Waals surface area (Å²) in [6, 6.07) is 3.68. The number of pyridine rings is 1. The van der Waals surface area contributed by atoms with E-state index in [9.17, 15) is 0 Å². The van der Waals surface area contributed by atoms with E-state index in [1.807, 2.05) is 13.8 Å². The van der Waals surface area contributed by atoms with Crippen LogP contribution in [-0.2, 0) is 9.47 Å². The Hall–Kier alpha value is -1.64. The lowest BCUT2D eigenvalue weighted by Crippen LogP contribution is -2.44. The van der Waals surface area contributed by atoms with Crippen LogP contribution in [0.3, 0.4) is 0 Å². The highest BCUT2D eigenvalue weighted by atomic mass is 16.6. The summed E-state index contributed by atoms with van der Waals surface area (Å²) in [5.41, 5.74) is 0.241. The van der Waals surface area contributed by atoms with Gasteiger partial charge in [0.05, 0.1) is 30.6 Å². The van der Waals surface area contributed by atoms with Crippen molar-refractivity contribution in [2.45, 2.75) is 25.6 Å². The molecule has 0 radical (unpaired) electrons. The van der Waals surface area contributed by atoms with Crippen molar-refractivity contribution < 1.29 is 14.2 Å². The van der Waals surface area contributed by atoms with Crippen LogP contribution < -0.4 is 4.74 Å². The Morgan fingerprint density at radius 2 is 2.44 bits per heavy atom. The molecule has 18 heavy (non-hydrogen) atoms. The van der Waals surface area contributed by atoms with E-state index in [4.69, 9.17) is 19.5 Å². The van der Waals surface area contributed by atoms with Gasteiger partial charge >= 0.3 is 0 Å². The molecule has 1 fully saturated rings. The van der Waals surface area contributed by atoms with Crippen LogP contribution in [0.4, 0.5) is 0 Å². The number of nitrogens with zero attached hydrogens (tertiary/aromatic N) is 2. The molecule has 5 nitrogen and oxygen atoms in total. The molecule has 1 atom stereocenters. The van der Waals surface area contributed by atoms with E-state index < -0.39 is 0 Å². The van der Waals surface area contributed by atoms with Gasteiger partial charge in [0.15, 0.2) is 5.75 Å². The molecular formula is C13H16N2O3. The predicted octanol–water partition coefficient (Wildman–Crippen LogP) is 1.53. The molecule has 0 saturated carbocycles. The standard InChI is InChI=1S/C13H16N2O3/c1-13(2)9-17-11(8-18-13)7-16-12-6-15-4-3-10(12)5-14/h3-4,6,11H,7-9H2,1-2H3. The van der Waals surface area contributed by atoms with Gasteiger partial charge < -0.3 is 14.2 Å². The van der Waals surface area contributed by atoms with Crippen molar-refractivity contribution in [3.63, 3.8) is 0 Å². The van der Waals surface area contributed by atoms with Gasteiger partial charge in [0.2, 0.25) is 0 Å². The van der Waals surface area contributed by atoms with E-state index in [0.717, 1.165) is 0 Å². The Bertz CT molecular complexity index is 444. The molecule has 0 aliphatic carbocycles. The van der Waals surface area contributed by atoms with E-state index >= 15 is 0 Å². The Morgan fingerprint density at radius 1 is 1.61 bits per heavy atom. The summed E-state index contributed by atoms with van der Waals surface area (Å²) in [6.45, 7) is 5.36. The summed E-state index contributed by atoms with van der Waals surface area (Å²) < 4.78 is 16.8. The Balaban J connectivity index is 1.87. The summed E-state index contributed by atoms with van der Waals surface area (Å²) in [6.07, 6.45) is 2.99. The van der Waals surface area contributed by atoms with E-state index in [1.165, 1.54) is 6.20 Å². The quantitative estimate of drug-likeness (QED) is 0.811. The summed E-state index contributed by atoms with van der Waals surface area (Å²) in [4.78, 5) is 3.93. The minimum atomic E-state index is -0.234. The van der Waals surface area contributed by atoms with Crippen molar-refractivity contribution in [3.05, 3.63) is 24.0 Å². The fourth-order valence-corrected chi connectivity index (χ4v) is 1.59. The third kappa shape index (κ3) is 3.19. The first-order valence-corrected chi connectivity index (χ1v) is 5.83. The van der Waals surface area contributed by atoms with E-state index in [1.54, 1.807) is 12.3 Å². The van der Waals surface area contributed by atoms with Gasteiger partial charge in [0.1, 0.15) is 18.8 Å². The first-order valence-electron chi connectivity index (χ1n) is 5.83. The number of aromatic nitrogens is 1. The molecule has 1 aromatic heterocycles. The van der Waals surface area contributed by atoms with Gasteiger partial charge in [-0.1, -0.05) is 0 Å². The Kier molecular flexibility index (Phi) is 3.80. The molecule has 1 aliphatic heterocycles. The molecule has 1 unspecified atom stereocenters. The molecule has 2 rings (SSSR count). The Morgan fingerprint density at radius 3 is 3.11 bits per heavy atom. The fraction of sp³-hybridized carbons (Fsp3) is 0.538. The molecule has 1 aliphatic rings. The Labute approximate surface area is 106 Å². The molecule has 1 saturated heterocycles. The van der Waals surface area contributed by atoms with Crippen LogP contribution in [0.25, 0.3) is 0 Å². The zero-order chi connectivity index (χ0) is 13.0. The lowest BCUT2D eigenvalue weighted by molar-refractivity contribution is -0.181. The molecule has 5 heteroatoms. The van der Waals surface area contributed by atoms with Crippen molar-refractivity contribution >= 4 is 0 Å². The number of nitriles is 1. The summed E-state index contributed by atoms with van der Waals surface area (Å²) in [5.74, 6) is 0.480. The summed E-state index contributed by atoms with van der Waals surface area (Å²) >= 11 is 0. The molecule has 1 aromatic rings. The van der Waals surface area contributed by atoms with Crippen molar-refractivity contribution in [3.8, 4) is 11.8 Å². The smallest absolute Gasteiger partial charge is 0.155 e. The second kappa shape index (κ2) is 5.34. The molecule has 2 heterocycles. The van der Waals surface area contributed by atoms with Crippen LogP contribution >= 0.6 is 0 Å². The second-order valence-electron chi connectivity index (χ2n) is 4.80. The maximum Gasteiger partial charge on any atom is 0.155 e. The maximum atomic E-state index is 8.91. The van der Waals surface area contributed by atoms with Crippen LogP contribution in [0.15, 0.2) is 18.5 Å². The monoisotopic (exact) mass is 248 g/mol. The summed E-state index contributed by atoms with van der Waals surface area (Å²) in [5, 5.41) is 8.91. The van der Waals surface area contributed by atoms with Crippen molar-refractivity contribution in [2.75, 3.05) is 19.8 Å². The van der Waals surface area contributed by atoms with Gasteiger partial charge in [-0.15, -0.1) is 0 Å². The van der Waals surface area contributed by atoms with Gasteiger partial charge in [0.25, 0.3) is 0 Å². The molecule has 0 N–H and O–H groups in total. The first kappa shape index (κ1) is 12.8. The van der Waals surface area contributed by atoms with Gasteiger partial charge in [-0.3, -0.25) is 4.98 Å². The van der Waals surface area contributed by atoms with Crippen LogP contribution in [0, 0.1) is 11.3 Å². The zero-order valence-corrected chi connectivity index (χ0v) is 10.5. The normalized spacial score (nSPS) is 22.2. The lowest BCUT2D eigenvalue weighted by Gasteiger charge is -2.34. The fourth-order valence-electron chi connectivity index (χ4n) is 1.59. The summed E-state index contributed by atoms with van der Waals surface area (Å²) in [7, 11) is 0. The number of rotatable bonds is 3. The molecule has 96 valence electrons. The van der Waals surface area contributed by atoms with Crippen molar-refractivity contribution in [1.29, 1.82) is 5.26 Å². The molecular weight excluding hydrogens is 232 g/mol. The van der Waals surface area contributed by atoms with Crippen LogP contribution in [0.2, 0.25) is 0 Å². The maximum absolute atomic E-state index is 8.91. The molecule has 0 spiro atoms. The van der Waals surface area contributed by atoms with Gasteiger partial charge in [0, 0.05) is 6.20 Å². The molecule has 0 amide bonds. The number of hydrogen-bond donors (Lipinski definition) is 0. The number of hydrogen-bond acceptors (Lipinski definition) is 5. The average Bonchev–Trinajstić information content (AvgIpc) is 2.38. The highest BCUT2D eigenvalue weighted by Gasteiger charge is 2.28. The lowest BCUT2D eigenvalue weighted by atomic mass is 10.1. The SMILES string of the molecule is CC1(C)COC(COc2cnccc2C#N)CO1. The topological polar surface area (TPSA) is 64.4 Å². The third-order valence-electron chi connectivity index (χ3n) is 2.66. The predicted molar refractivity (Wildman–Crippen MR) is 64.2 cm³/mol. The van der Waals surface area contributed by atoms with Crippen LogP contribution in [0.5, 0.6) is 5.75 Å². The highest BCUT2D eigenvalue weighted by molar-refractivity contribution is 5.40. The van der Waals surface area contributed by atoms with E-state index in [0.29, 0.717) is 31.1 Å². The van der Waals surface area contributed by atoms with E-state index in [2.05, 4.69) is 11.1 Å². The van der Waals surface area contributed by atoms with Crippen molar-refractivity contribution in [2.24, 2.45) is 0 Å². The minimum absolute atomic E-state index is 0.107. The van der Waals surface area contributed by atoms with Crippen LogP contribution in [0.1, 0.15) is 19.4 Å². The zero-order valence-electron chi connectivity index (χ0n) is 10.5. The second-order valence-corrected chi connectivity index (χ2v) is 4.80. The van der Waals surface area contributed by atoms with Crippen molar-refractivity contribution in [1.82, 2.24) is 4.98 Å². The largest absolute Gasteiger partial charge is 0.488 e. The van der Waals surface area contributed by atoms with Gasteiger partial charge in [-0.2, -0.15) is 5.26 Å².